The Morgan fingerprint density at radius 3 is 2.41 bits per heavy atom. The van der Waals surface area contributed by atoms with Crippen molar-refractivity contribution in [1.82, 2.24) is 9.21 Å². The van der Waals surface area contributed by atoms with Gasteiger partial charge in [0.15, 0.2) is 0 Å². The summed E-state index contributed by atoms with van der Waals surface area (Å²) in [6, 6.07) is 8.05. The van der Waals surface area contributed by atoms with Crippen LogP contribution in [0.4, 0.5) is 5.69 Å². The molecule has 1 saturated heterocycles. The first kappa shape index (κ1) is 21.2. The fourth-order valence-corrected chi connectivity index (χ4v) is 4.43. The van der Waals surface area contributed by atoms with E-state index < -0.39 is 33.6 Å². The average Bonchev–Trinajstić information content (AvgIpc) is 2.61. The maximum absolute atomic E-state index is 12.6. The summed E-state index contributed by atoms with van der Waals surface area (Å²) < 4.78 is 26.5. The largest absolute Gasteiger partial charge is 0.481 e. The van der Waals surface area contributed by atoms with Crippen molar-refractivity contribution in [1.29, 1.82) is 0 Å². The lowest BCUT2D eigenvalue weighted by atomic mass is 10.2. The minimum absolute atomic E-state index is 0.0230. The van der Waals surface area contributed by atoms with Gasteiger partial charge >= 0.3 is 5.97 Å². The average molecular weight is 397 g/mol. The number of rotatable bonds is 7. The highest BCUT2D eigenvalue weighted by molar-refractivity contribution is 7.89. The first-order valence-corrected chi connectivity index (χ1v) is 10.5. The number of aryl methyl sites for hydroxylation is 1. The van der Waals surface area contributed by atoms with Gasteiger partial charge in [0.05, 0.1) is 5.92 Å². The summed E-state index contributed by atoms with van der Waals surface area (Å²) in [6.45, 7) is 5.22. The Bertz CT molecular complexity index is 788. The van der Waals surface area contributed by atoms with Crippen LogP contribution in [0, 0.1) is 12.8 Å². The molecule has 27 heavy (non-hydrogen) atoms. The predicted octanol–water partition coefficient (Wildman–Crippen LogP) is 0.626. The lowest BCUT2D eigenvalue weighted by Gasteiger charge is -2.35. The van der Waals surface area contributed by atoms with Gasteiger partial charge in [0.2, 0.25) is 15.9 Å². The molecule has 1 aliphatic heterocycles. The minimum atomic E-state index is -3.73. The van der Waals surface area contributed by atoms with E-state index in [-0.39, 0.29) is 6.54 Å². The zero-order valence-electron chi connectivity index (χ0n) is 16.0. The molecule has 8 nitrogen and oxygen atoms in total. The molecule has 0 aliphatic carbocycles. The Morgan fingerprint density at radius 2 is 1.85 bits per heavy atom. The molecule has 0 saturated carbocycles. The summed E-state index contributed by atoms with van der Waals surface area (Å²) in [5.74, 6) is -3.01. The van der Waals surface area contributed by atoms with Crippen molar-refractivity contribution in [2.45, 2.75) is 13.8 Å². The number of nitrogens with zero attached hydrogens (tertiary/aromatic N) is 3. The lowest BCUT2D eigenvalue weighted by Crippen LogP contribution is -2.51. The fraction of sp³-hybridized carbons (Fsp3) is 0.556. The Balaban J connectivity index is 1.92. The number of carbonyl (C=O) groups excluding carboxylic acids is 1. The van der Waals surface area contributed by atoms with Gasteiger partial charge in [0.25, 0.3) is 0 Å². The maximum atomic E-state index is 12.6. The van der Waals surface area contributed by atoms with E-state index in [2.05, 4.69) is 11.0 Å². The van der Waals surface area contributed by atoms with E-state index in [1.54, 1.807) is 0 Å². The second kappa shape index (κ2) is 8.71. The lowest BCUT2D eigenvalue weighted by molar-refractivity contribution is -0.142. The smallest absolute Gasteiger partial charge is 0.308 e. The molecule has 1 fully saturated rings. The molecule has 2 rings (SSSR count). The van der Waals surface area contributed by atoms with Crippen LogP contribution >= 0.6 is 0 Å². The molecule has 1 heterocycles. The monoisotopic (exact) mass is 397 g/mol. The van der Waals surface area contributed by atoms with Crippen molar-refractivity contribution in [3.05, 3.63) is 29.8 Å². The van der Waals surface area contributed by atoms with E-state index in [1.165, 1.54) is 23.2 Å². The second-order valence-corrected chi connectivity index (χ2v) is 8.96. The SMILES string of the molecule is Cc1cccc(N2CCN(S(=O)(=O)CC(=O)N(C)CC(C)C(=O)O)CC2)c1. The summed E-state index contributed by atoms with van der Waals surface area (Å²) in [6.07, 6.45) is 0. The first-order chi connectivity index (χ1) is 12.6. The van der Waals surface area contributed by atoms with Crippen LogP contribution in [-0.2, 0) is 19.6 Å². The number of hydrogen-bond donors (Lipinski definition) is 1. The zero-order chi connectivity index (χ0) is 20.2. The number of piperazine rings is 1. The van der Waals surface area contributed by atoms with E-state index in [0.717, 1.165) is 11.3 Å². The summed E-state index contributed by atoms with van der Waals surface area (Å²) in [5.41, 5.74) is 2.21. The molecule has 1 atom stereocenters. The molecule has 1 aromatic carbocycles. The van der Waals surface area contributed by atoms with Crippen LogP contribution in [0.15, 0.2) is 24.3 Å². The number of aliphatic carboxylic acids is 1. The standard InChI is InChI=1S/C18H27N3O5S/c1-14-5-4-6-16(11-14)20-7-9-21(10-8-20)27(25,26)13-17(22)19(3)12-15(2)18(23)24/h4-6,11,15H,7-10,12-13H2,1-3H3,(H,23,24). The first-order valence-electron chi connectivity index (χ1n) is 8.86. The molecular formula is C18H27N3O5S. The molecule has 1 aliphatic rings. The van der Waals surface area contributed by atoms with Crippen molar-refractivity contribution in [2.75, 3.05) is 50.4 Å². The van der Waals surface area contributed by atoms with Gasteiger partial charge in [-0.1, -0.05) is 19.1 Å². The molecule has 1 unspecified atom stereocenters. The zero-order valence-corrected chi connectivity index (χ0v) is 16.8. The Labute approximate surface area is 160 Å². The second-order valence-electron chi connectivity index (χ2n) is 6.99. The van der Waals surface area contributed by atoms with Crippen LogP contribution in [0.25, 0.3) is 0 Å². The highest BCUT2D eigenvalue weighted by atomic mass is 32.2. The molecule has 0 radical (unpaired) electrons. The molecule has 0 bridgehead atoms. The van der Waals surface area contributed by atoms with Crippen LogP contribution in [0.5, 0.6) is 0 Å². The molecule has 150 valence electrons. The predicted molar refractivity (Wildman–Crippen MR) is 103 cm³/mol. The molecule has 1 amide bonds. The Hall–Kier alpha value is -2.13. The normalized spacial score (nSPS) is 16.8. The highest BCUT2D eigenvalue weighted by Crippen LogP contribution is 2.19. The summed E-state index contributed by atoms with van der Waals surface area (Å²) >= 11 is 0. The number of amides is 1. The van der Waals surface area contributed by atoms with Gasteiger partial charge in [-0.25, -0.2) is 8.42 Å². The third-order valence-electron chi connectivity index (χ3n) is 4.70. The number of sulfonamides is 1. The molecule has 1 aromatic rings. The van der Waals surface area contributed by atoms with Crippen molar-refractivity contribution >= 4 is 27.6 Å². The number of anilines is 1. The number of benzene rings is 1. The molecule has 0 spiro atoms. The molecule has 0 aromatic heterocycles. The van der Waals surface area contributed by atoms with E-state index in [0.29, 0.717) is 26.2 Å². The highest BCUT2D eigenvalue weighted by Gasteiger charge is 2.30. The summed E-state index contributed by atoms with van der Waals surface area (Å²) in [7, 11) is -2.31. The quantitative estimate of drug-likeness (QED) is 0.725. The molecular weight excluding hydrogens is 370 g/mol. The van der Waals surface area contributed by atoms with Gasteiger partial charge in [-0.05, 0) is 24.6 Å². The van der Waals surface area contributed by atoms with Gasteiger partial charge in [0, 0.05) is 45.5 Å². The number of carboxylic acid groups (broad SMARTS) is 1. The Kier molecular flexibility index (Phi) is 6.83. The van der Waals surface area contributed by atoms with Gasteiger partial charge in [-0.2, -0.15) is 4.31 Å². The Morgan fingerprint density at radius 1 is 1.22 bits per heavy atom. The van der Waals surface area contributed by atoms with Crippen LogP contribution in [0.2, 0.25) is 0 Å². The van der Waals surface area contributed by atoms with E-state index >= 15 is 0 Å². The minimum Gasteiger partial charge on any atom is -0.481 e. The number of carbonyl (C=O) groups is 2. The van der Waals surface area contributed by atoms with Crippen LogP contribution in [0.1, 0.15) is 12.5 Å². The van der Waals surface area contributed by atoms with Crippen LogP contribution in [0.3, 0.4) is 0 Å². The van der Waals surface area contributed by atoms with Crippen LogP contribution < -0.4 is 4.90 Å². The summed E-state index contributed by atoms with van der Waals surface area (Å²) in [4.78, 5) is 26.4. The third kappa shape index (κ3) is 5.67. The van der Waals surface area contributed by atoms with Crippen molar-refractivity contribution in [3.63, 3.8) is 0 Å². The van der Waals surface area contributed by atoms with E-state index in [4.69, 9.17) is 5.11 Å². The van der Waals surface area contributed by atoms with Gasteiger partial charge in [-0.15, -0.1) is 0 Å². The van der Waals surface area contributed by atoms with Gasteiger partial charge in [0.1, 0.15) is 5.75 Å². The maximum Gasteiger partial charge on any atom is 0.308 e. The number of hydrogen-bond acceptors (Lipinski definition) is 5. The molecule has 1 N–H and O–H groups in total. The van der Waals surface area contributed by atoms with Crippen molar-refractivity contribution in [2.24, 2.45) is 5.92 Å². The van der Waals surface area contributed by atoms with Gasteiger partial charge < -0.3 is 14.9 Å². The van der Waals surface area contributed by atoms with Gasteiger partial charge in [-0.3, -0.25) is 9.59 Å². The van der Waals surface area contributed by atoms with Crippen molar-refractivity contribution < 1.29 is 23.1 Å². The fourth-order valence-electron chi connectivity index (χ4n) is 3.00. The summed E-state index contributed by atoms with van der Waals surface area (Å²) in [5, 5.41) is 8.92. The number of carboxylic acids is 1. The topological polar surface area (TPSA) is 98.2 Å². The third-order valence-corrected chi connectivity index (χ3v) is 6.46. The van der Waals surface area contributed by atoms with Crippen LogP contribution in [-0.4, -0.2) is 80.1 Å². The van der Waals surface area contributed by atoms with Crippen molar-refractivity contribution in [3.8, 4) is 0 Å². The van der Waals surface area contributed by atoms with E-state index in [9.17, 15) is 18.0 Å². The van der Waals surface area contributed by atoms with E-state index in [1.807, 2.05) is 25.1 Å². The molecule has 9 heteroatoms.